The molecule has 0 bridgehead atoms. The SMILES string of the molecule is OCCCCCCCC1CC1. The maximum Gasteiger partial charge on any atom is 0.0431 e. The van der Waals surface area contributed by atoms with Crippen LogP contribution in [0, 0.1) is 5.92 Å². The molecule has 0 atom stereocenters. The molecule has 0 amide bonds. The molecule has 0 saturated heterocycles. The standard InChI is InChI=1S/C10H20O/c11-9-5-3-1-2-4-6-10-7-8-10/h10-11H,1-9H2. The summed E-state index contributed by atoms with van der Waals surface area (Å²) in [5, 5.41) is 8.52. The van der Waals surface area contributed by atoms with Gasteiger partial charge in [0.15, 0.2) is 0 Å². The monoisotopic (exact) mass is 156 g/mol. The summed E-state index contributed by atoms with van der Waals surface area (Å²) in [7, 11) is 0. The van der Waals surface area contributed by atoms with E-state index in [2.05, 4.69) is 0 Å². The molecule has 0 heterocycles. The fourth-order valence-electron chi connectivity index (χ4n) is 1.48. The fraction of sp³-hybridized carbons (Fsp3) is 1.00. The minimum Gasteiger partial charge on any atom is -0.396 e. The Kier molecular flexibility index (Phi) is 4.60. The molecule has 1 aliphatic rings. The molecule has 1 nitrogen and oxygen atoms in total. The largest absolute Gasteiger partial charge is 0.396 e. The predicted molar refractivity (Wildman–Crippen MR) is 47.5 cm³/mol. The number of aliphatic hydroxyl groups is 1. The third kappa shape index (κ3) is 5.25. The fourth-order valence-corrected chi connectivity index (χ4v) is 1.48. The van der Waals surface area contributed by atoms with Crippen LogP contribution in [0.25, 0.3) is 0 Å². The van der Waals surface area contributed by atoms with Gasteiger partial charge in [-0.1, -0.05) is 44.9 Å². The van der Waals surface area contributed by atoms with Gasteiger partial charge >= 0.3 is 0 Å². The quantitative estimate of drug-likeness (QED) is 0.562. The summed E-state index contributed by atoms with van der Waals surface area (Å²) >= 11 is 0. The van der Waals surface area contributed by atoms with Gasteiger partial charge in [0.1, 0.15) is 0 Å². The first kappa shape index (κ1) is 9.05. The van der Waals surface area contributed by atoms with E-state index in [0.717, 1.165) is 12.3 Å². The minimum absolute atomic E-state index is 0.378. The van der Waals surface area contributed by atoms with Crippen molar-refractivity contribution in [2.24, 2.45) is 5.92 Å². The highest BCUT2D eigenvalue weighted by Gasteiger charge is 2.19. The molecular weight excluding hydrogens is 136 g/mol. The Bertz CT molecular complexity index is 86.9. The molecule has 1 rings (SSSR count). The van der Waals surface area contributed by atoms with Gasteiger partial charge < -0.3 is 5.11 Å². The summed E-state index contributed by atoms with van der Waals surface area (Å²) in [5.41, 5.74) is 0. The van der Waals surface area contributed by atoms with Crippen molar-refractivity contribution in [2.75, 3.05) is 6.61 Å². The lowest BCUT2D eigenvalue weighted by atomic mass is 10.1. The topological polar surface area (TPSA) is 20.2 Å². The van der Waals surface area contributed by atoms with Crippen molar-refractivity contribution in [3.8, 4) is 0 Å². The Morgan fingerprint density at radius 3 is 2.18 bits per heavy atom. The van der Waals surface area contributed by atoms with Gasteiger partial charge in [-0.05, 0) is 12.3 Å². The first-order valence-electron chi connectivity index (χ1n) is 5.04. The maximum absolute atomic E-state index is 8.52. The van der Waals surface area contributed by atoms with Gasteiger partial charge in [-0.25, -0.2) is 0 Å². The molecule has 0 aromatic carbocycles. The second-order valence-corrected chi connectivity index (χ2v) is 3.72. The lowest BCUT2D eigenvalue weighted by molar-refractivity contribution is 0.282. The van der Waals surface area contributed by atoms with E-state index in [1.54, 1.807) is 0 Å². The first-order valence-corrected chi connectivity index (χ1v) is 5.04. The number of hydrogen-bond donors (Lipinski definition) is 1. The van der Waals surface area contributed by atoms with E-state index < -0.39 is 0 Å². The lowest BCUT2D eigenvalue weighted by Crippen LogP contribution is -1.84. The Balaban J connectivity index is 1.66. The van der Waals surface area contributed by atoms with Crippen LogP contribution in [0.1, 0.15) is 51.4 Å². The molecule has 1 fully saturated rings. The van der Waals surface area contributed by atoms with E-state index in [-0.39, 0.29) is 0 Å². The Labute approximate surface area is 69.8 Å². The summed E-state index contributed by atoms with van der Waals surface area (Å²) in [6.07, 6.45) is 10.8. The summed E-state index contributed by atoms with van der Waals surface area (Å²) in [6.45, 7) is 0.378. The van der Waals surface area contributed by atoms with E-state index >= 15 is 0 Å². The van der Waals surface area contributed by atoms with E-state index in [0.29, 0.717) is 6.61 Å². The van der Waals surface area contributed by atoms with Crippen molar-refractivity contribution in [3.05, 3.63) is 0 Å². The smallest absolute Gasteiger partial charge is 0.0431 e. The van der Waals surface area contributed by atoms with Gasteiger partial charge in [0.2, 0.25) is 0 Å². The van der Waals surface area contributed by atoms with Crippen LogP contribution >= 0.6 is 0 Å². The molecule has 0 aromatic rings. The Morgan fingerprint density at radius 1 is 0.909 bits per heavy atom. The Hall–Kier alpha value is -0.0400. The van der Waals surface area contributed by atoms with Gasteiger partial charge in [0, 0.05) is 6.61 Å². The predicted octanol–water partition coefficient (Wildman–Crippen LogP) is 2.73. The molecule has 66 valence electrons. The molecule has 1 saturated carbocycles. The van der Waals surface area contributed by atoms with Gasteiger partial charge in [-0.3, -0.25) is 0 Å². The average molecular weight is 156 g/mol. The second-order valence-electron chi connectivity index (χ2n) is 3.72. The second kappa shape index (κ2) is 5.59. The van der Waals surface area contributed by atoms with Gasteiger partial charge in [-0.15, -0.1) is 0 Å². The summed E-state index contributed by atoms with van der Waals surface area (Å²) in [6, 6.07) is 0. The van der Waals surface area contributed by atoms with Crippen molar-refractivity contribution < 1.29 is 5.11 Å². The maximum atomic E-state index is 8.52. The number of unbranched alkanes of at least 4 members (excludes halogenated alkanes) is 4. The van der Waals surface area contributed by atoms with Crippen LogP contribution in [-0.4, -0.2) is 11.7 Å². The molecule has 1 aliphatic carbocycles. The van der Waals surface area contributed by atoms with Crippen molar-refractivity contribution in [2.45, 2.75) is 51.4 Å². The molecule has 0 unspecified atom stereocenters. The number of rotatable bonds is 7. The van der Waals surface area contributed by atoms with Crippen molar-refractivity contribution in [3.63, 3.8) is 0 Å². The molecule has 0 spiro atoms. The average Bonchev–Trinajstić information content (AvgIpc) is 2.80. The third-order valence-corrected chi connectivity index (χ3v) is 2.47. The van der Waals surface area contributed by atoms with Gasteiger partial charge in [0.05, 0.1) is 0 Å². The lowest BCUT2D eigenvalue weighted by Gasteiger charge is -1.98. The van der Waals surface area contributed by atoms with E-state index in [1.165, 1.54) is 44.9 Å². The highest BCUT2D eigenvalue weighted by molar-refractivity contribution is 4.72. The van der Waals surface area contributed by atoms with Crippen molar-refractivity contribution in [1.29, 1.82) is 0 Å². The summed E-state index contributed by atoms with van der Waals surface area (Å²) in [5.74, 6) is 1.10. The molecular formula is C10H20O. The molecule has 11 heavy (non-hydrogen) atoms. The Morgan fingerprint density at radius 2 is 1.55 bits per heavy atom. The summed E-state index contributed by atoms with van der Waals surface area (Å²) < 4.78 is 0. The van der Waals surface area contributed by atoms with E-state index in [1.807, 2.05) is 0 Å². The van der Waals surface area contributed by atoms with Gasteiger partial charge in [-0.2, -0.15) is 0 Å². The zero-order valence-electron chi connectivity index (χ0n) is 7.39. The van der Waals surface area contributed by atoms with Crippen LogP contribution in [-0.2, 0) is 0 Å². The van der Waals surface area contributed by atoms with Crippen LogP contribution in [0.5, 0.6) is 0 Å². The third-order valence-electron chi connectivity index (χ3n) is 2.47. The van der Waals surface area contributed by atoms with Crippen molar-refractivity contribution >= 4 is 0 Å². The zero-order valence-corrected chi connectivity index (χ0v) is 7.39. The van der Waals surface area contributed by atoms with Crippen molar-refractivity contribution in [1.82, 2.24) is 0 Å². The number of hydrogen-bond acceptors (Lipinski definition) is 1. The summed E-state index contributed by atoms with van der Waals surface area (Å²) in [4.78, 5) is 0. The van der Waals surface area contributed by atoms with E-state index in [4.69, 9.17) is 5.11 Å². The normalized spacial score (nSPS) is 17.2. The highest BCUT2D eigenvalue weighted by atomic mass is 16.2. The van der Waals surface area contributed by atoms with Gasteiger partial charge in [0.25, 0.3) is 0 Å². The van der Waals surface area contributed by atoms with Crippen LogP contribution in [0.15, 0.2) is 0 Å². The van der Waals surface area contributed by atoms with Crippen LogP contribution in [0.2, 0.25) is 0 Å². The molecule has 1 heteroatoms. The van der Waals surface area contributed by atoms with Crippen LogP contribution in [0.4, 0.5) is 0 Å². The molecule has 0 radical (unpaired) electrons. The number of aliphatic hydroxyl groups excluding tert-OH is 1. The minimum atomic E-state index is 0.378. The van der Waals surface area contributed by atoms with Crippen LogP contribution < -0.4 is 0 Å². The van der Waals surface area contributed by atoms with Crippen LogP contribution in [0.3, 0.4) is 0 Å². The molecule has 1 N–H and O–H groups in total. The zero-order chi connectivity index (χ0) is 7.94. The first-order chi connectivity index (χ1) is 5.43. The van der Waals surface area contributed by atoms with E-state index in [9.17, 15) is 0 Å². The highest BCUT2D eigenvalue weighted by Crippen LogP contribution is 2.34. The molecule has 0 aromatic heterocycles. The molecule has 0 aliphatic heterocycles.